The van der Waals surface area contributed by atoms with Crippen LogP contribution in [-0.2, 0) is 17.6 Å². The summed E-state index contributed by atoms with van der Waals surface area (Å²) >= 11 is 0. The Morgan fingerprint density at radius 3 is 1.29 bits per heavy atom. The van der Waals surface area contributed by atoms with E-state index in [-0.39, 0.29) is 28.8 Å². The van der Waals surface area contributed by atoms with E-state index in [0.717, 1.165) is 11.1 Å². The molecule has 172 valence electrons. The van der Waals surface area contributed by atoms with Crippen molar-refractivity contribution in [1.29, 1.82) is 0 Å². The van der Waals surface area contributed by atoms with Crippen LogP contribution in [0.25, 0.3) is 0 Å². The lowest BCUT2D eigenvalue weighted by molar-refractivity contribution is -0.122. The van der Waals surface area contributed by atoms with Gasteiger partial charge in [0.2, 0.25) is 0 Å². The van der Waals surface area contributed by atoms with Crippen LogP contribution >= 0.6 is 0 Å². The minimum Gasteiger partial charge on any atom is -0.508 e. The Kier molecular flexibility index (Phi) is 6.83. The van der Waals surface area contributed by atoms with Crippen LogP contribution in [0.1, 0.15) is 34.1 Å². The molecule has 0 spiro atoms. The van der Waals surface area contributed by atoms with Crippen LogP contribution in [0, 0.1) is 0 Å². The predicted octanol–water partition coefficient (Wildman–Crippen LogP) is 5.43. The number of benzene rings is 4. The molecule has 0 bridgehead atoms. The van der Waals surface area contributed by atoms with E-state index in [0.29, 0.717) is 24.0 Å². The number of Topliss-reactive ketones (excluding diaryl/α,β-unsaturated/α-hetero) is 1. The van der Waals surface area contributed by atoms with Gasteiger partial charge >= 0.3 is 0 Å². The lowest BCUT2D eigenvalue weighted by Crippen LogP contribution is -2.24. The molecule has 0 saturated heterocycles. The van der Waals surface area contributed by atoms with Gasteiger partial charge in [-0.3, -0.25) is 4.79 Å². The first kappa shape index (κ1) is 22.9. The fraction of sp³-hybridized carbons (Fsp3) is 0.138. The van der Waals surface area contributed by atoms with Crippen molar-refractivity contribution >= 4 is 5.78 Å². The maximum Gasteiger partial charge on any atom is 0.148 e. The van der Waals surface area contributed by atoms with Gasteiger partial charge in [-0.15, -0.1) is 0 Å². The molecule has 0 aromatic heterocycles. The van der Waals surface area contributed by atoms with E-state index in [2.05, 4.69) is 0 Å². The number of aromatic hydroxyl groups is 4. The average molecular weight is 455 g/mol. The Hall–Kier alpha value is -4.25. The summed E-state index contributed by atoms with van der Waals surface area (Å²) in [5, 5.41) is 40.8. The van der Waals surface area contributed by atoms with E-state index in [4.69, 9.17) is 0 Å². The molecule has 0 aliphatic carbocycles. The third-order valence-electron chi connectivity index (χ3n) is 6.03. The summed E-state index contributed by atoms with van der Waals surface area (Å²) in [6.45, 7) is 0. The van der Waals surface area contributed by atoms with Gasteiger partial charge in [0.05, 0.1) is 11.8 Å². The summed E-state index contributed by atoms with van der Waals surface area (Å²) in [5.41, 5.74) is 2.65. The monoisotopic (exact) mass is 454 g/mol. The number of carbonyl (C=O) groups excluding carboxylic acids is 1. The molecule has 34 heavy (non-hydrogen) atoms. The molecule has 5 nitrogen and oxygen atoms in total. The van der Waals surface area contributed by atoms with Crippen LogP contribution in [-0.4, -0.2) is 26.2 Å². The molecular weight excluding hydrogens is 428 g/mol. The van der Waals surface area contributed by atoms with Gasteiger partial charge in [-0.25, -0.2) is 0 Å². The molecule has 4 aromatic rings. The van der Waals surface area contributed by atoms with Gasteiger partial charge in [-0.1, -0.05) is 72.8 Å². The second-order valence-electron chi connectivity index (χ2n) is 8.37. The van der Waals surface area contributed by atoms with Gasteiger partial charge in [0.1, 0.15) is 28.8 Å². The van der Waals surface area contributed by atoms with E-state index < -0.39 is 11.8 Å². The van der Waals surface area contributed by atoms with Crippen molar-refractivity contribution in [1.82, 2.24) is 0 Å². The van der Waals surface area contributed by atoms with Crippen molar-refractivity contribution in [3.8, 4) is 23.0 Å². The zero-order valence-electron chi connectivity index (χ0n) is 18.5. The highest BCUT2D eigenvalue weighted by Crippen LogP contribution is 2.39. The molecule has 4 rings (SSSR count). The summed E-state index contributed by atoms with van der Waals surface area (Å²) in [6, 6.07) is 27.5. The molecule has 2 unspecified atom stereocenters. The van der Waals surface area contributed by atoms with E-state index in [9.17, 15) is 25.2 Å². The highest BCUT2D eigenvalue weighted by atomic mass is 16.3. The Morgan fingerprint density at radius 2 is 0.941 bits per heavy atom. The summed E-state index contributed by atoms with van der Waals surface area (Å²) in [4.78, 5) is 14.2. The largest absolute Gasteiger partial charge is 0.508 e. The van der Waals surface area contributed by atoms with Gasteiger partial charge in [0.15, 0.2) is 0 Å². The average Bonchev–Trinajstić information content (AvgIpc) is 2.83. The molecule has 5 heteroatoms. The van der Waals surface area contributed by atoms with E-state index in [1.807, 2.05) is 60.7 Å². The Morgan fingerprint density at radius 1 is 0.559 bits per heavy atom. The molecule has 0 radical (unpaired) electrons. The number of hydrogen-bond acceptors (Lipinski definition) is 5. The molecule has 0 amide bonds. The van der Waals surface area contributed by atoms with Gasteiger partial charge < -0.3 is 20.4 Å². The fourth-order valence-corrected chi connectivity index (χ4v) is 4.32. The van der Waals surface area contributed by atoms with E-state index in [1.165, 1.54) is 24.3 Å². The molecular formula is C29H26O5. The molecule has 0 fully saturated rings. The van der Waals surface area contributed by atoms with Crippen LogP contribution in [0.2, 0.25) is 0 Å². The molecule has 2 atom stereocenters. The lowest BCUT2D eigenvalue weighted by Gasteiger charge is -2.25. The second-order valence-corrected chi connectivity index (χ2v) is 8.37. The van der Waals surface area contributed by atoms with Crippen molar-refractivity contribution < 1.29 is 25.2 Å². The number of phenols is 4. The highest BCUT2D eigenvalue weighted by Gasteiger charge is 2.33. The lowest BCUT2D eigenvalue weighted by atomic mass is 9.77. The van der Waals surface area contributed by atoms with Gasteiger partial charge in [0.25, 0.3) is 0 Å². The van der Waals surface area contributed by atoms with Gasteiger partial charge in [-0.2, -0.15) is 0 Å². The zero-order chi connectivity index (χ0) is 24.1. The normalized spacial score (nSPS) is 12.7. The standard InChI is InChI=1S/C29H26O5/c30-21-11-13-23(27(32)17-21)25(15-19-7-3-1-4-8-19)29(34)26(16-20-9-5-2-6-10-20)24-14-12-22(31)18-28(24)33/h1-14,17-18,25-26,30-33H,15-16H2. The van der Waals surface area contributed by atoms with Crippen LogP contribution in [0.5, 0.6) is 23.0 Å². The maximum atomic E-state index is 14.2. The predicted molar refractivity (Wildman–Crippen MR) is 130 cm³/mol. The summed E-state index contributed by atoms with van der Waals surface area (Å²) in [7, 11) is 0. The quantitative estimate of drug-likeness (QED) is 0.285. The topological polar surface area (TPSA) is 98.0 Å². The van der Waals surface area contributed by atoms with Crippen LogP contribution in [0.3, 0.4) is 0 Å². The molecule has 4 aromatic carbocycles. The minimum absolute atomic E-state index is 0.0934. The van der Waals surface area contributed by atoms with Crippen LogP contribution in [0.15, 0.2) is 97.1 Å². The summed E-state index contributed by atoms with van der Waals surface area (Å²) < 4.78 is 0. The van der Waals surface area contributed by atoms with Gasteiger partial charge in [0, 0.05) is 23.3 Å². The smallest absolute Gasteiger partial charge is 0.148 e. The third kappa shape index (κ3) is 5.21. The minimum atomic E-state index is -0.732. The number of rotatable bonds is 8. The first-order chi connectivity index (χ1) is 16.4. The molecule has 0 heterocycles. The number of phenolic OH excluding ortho intramolecular Hbond substituents is 4. The Bertz CT molecular complexity index is 1170. The molecule has 0 saturated carbocycles. The van der Waals surface area contributed by atoms with Gasteiger partial charge in [-0.05, 0) is 36.1 Å². The summed E-state index contributed by atoms with van der Waals surface area (Å²) in [6.07, 6.45) is 0.671. The second kappa shape index (κ2) is 10.1. The van der Waals surface area contributed by atoms with E-state index >= 15 is 0 Å². The first-order valence-electron chi connectivity index (χ1n) is 11.1. The van der Waals surface area contributed by atoms with Crippen molar-refractivity contribution in [3.63, 3.8) is 0 Å². The number of carbonyl (C=O) groups is 1. The Labute approximate surface area is 198 Å². The van der Waals surface area contributed by atoms with E-state index in [1.54, 1.807) is 12.1 Å². The van der Waals surface area contributed by atoms with Crippen LogP contribution < -0.4 is 0 Å². The fourth-order valence-electron chi connectivity index (χ4n) is 4.32. The summed E-state index contributed by atoms with van der Waals surface area (Å²) in [5.74, 6) is -2.16. The molecule has 0 aliphatic rings. The van der Waals surface area contributed by atoms with Crippen molar-refractivity contribution in [3.05, 3.63) is 119 Å². The Balaban J connectivity index is 1.81. The number of hydrogen-bond donors (Lipinski definition) is 4. The molecule has 0 aliphatic heterocycles. The van der Waals surface area contributed by atoms with Crippen molar-refractivity contribution in [2.45, 2.75) is 24.7 Å². The maximum absolute atomic E-state index is 14.2. The molecule has 4 N–H and O–H groups in total. The van der Waals surface area contributed by atoms with Crippen molar-refractivity contribution in [2.24, 2.45) is 0 Å². The third-order valence-corrected chi connectivity index (χ3v) is 6.03. The first-order valence-corrected chi connectivity index (χ1v) is 11.1. The highest BCUT2D eigenvalue weighted by molar-refractivity contribution is 5.93. The SMILES string of the molecule is O=C(C(Cc1ccccc1)c1ccc(O)cc1O)C(Cc1ccccc1)c1ccc(O)cc1O. The van der Waals surface area contributed by atoms with Crippen molar-refractivity contribution in [2.75, 3.05) is 0 Å². The number of ketones is 1. The van der Waals surface area contributed by atoms with Crippen LogP contribution in [0.4, 0.5) is 0 Å². The zero-order valence-corrected chi connectivity index (χ0v) is 18.5.